The maximum atomic E-state index is 12.7. The van der Waals surface area contributed by atoms with Gasteiger partial charge in [-0.05, 0) is 77.0 Å². The Kier molecular flexibility index (Phi) is 44.4. The fraction of sp³-hybridized carbons (Fsp3) is 0.800. The predicted octanol–water partition coefficient (Wildman–Crippen LogP) is 13.7. The highest BCUT2D eigenvalue weighted by Gasteiger charge is 2.27. The molecule has 0 amide bonds. The SMILES string of the molecule is CCCCC/C=C\C/C=C\CCCCCCCC(=O)OCC(COP(=O)(O)OCC(O)CO)OC(=O)CCCCCCCCCCCCC/C=C\C/C=C\CCCCCCC. The van der Waals surface area contributed by atoms with E-state index in [0.29, 0.717) is 12.8 Å². The molecule has 0 heterocycles. The number of unbranched alkanes of at least 4 members (excludes halogenated alkanes) is 24. The molecule has 0 aliphatic carbocycles. The number of hydrogen-bond acceptors (Lipinski definition) is 9. The van der Waals surface area contributed by atoms with Crippen molar-refractivity contribution in [1.82, 2.24) is 0 Å². The van der Waals surface area contributed by atoms with Gasteiger partial charge in [0.25, 0.3) is 0 Å². The molecule has 0 aromatic carbocycles. The van der Waals surface area contributed by atoms with Crippen LogP contribution in [0, 0.1) is 0 Å². The van der Waals surface area contributed by atoms with E-state index in [4.69, 9.17) is 23.6 Å². The molecular formula is C50H91O10P. The van der Waals surface area contributed by atoms with Crippen LogP contribution < -0.4 is 0 Å². The average Bonchev–Trinajstić information content (AvgIpc) is 3.25. The smallest absolute Gasteiger partial charge is 0.462 e. The summed E-state index contributed by atoms with van der Waals surface area (Å²) < 4.78 is 32.8. The summed E-state index contributed by atoms with van der Waals surface area (Å²) in [4.78, 5) is 35.1. The average molecular weight is 883 g/mol. The molecule has 0 spiro atoms. The molecule has 0 aromatic rings. The van der Waals surface area contributed by atoms with Gasteiger partial charge in [-0.3, -0.25) is 18.6 Å². The molecule has 356 valence electrons. The normalized spacial score (nSPS) is 14.1. The van der Waals surface area contributed by atoms with Crippen molar-refractivity contribution in [3.05, 3.63) is 48.6 Å². The fourth-order valence-electron chi connectivity index (χ4n) is 6.64. The molecule has 61 heavy (non-hydrogen) atoms. The quantitative estimate of drug-likeness (QED) is 0.0233. The molecule has 0 aliphatic heterocycles. The van der Waals surface area contributed by atoms with Gasteiger partial charge < -0.3 is 24.6 Å². The third kappa shape index (κ3) is 45.8. The number of aliphatic hydroxyl groups excluding tert-OH is 2. The standard InChI is InChI=1S/C50H91O10P/c1-3-5-7-9-11-13-15-17-19-20-21-22-23-24-25-26-28-30-32-34-36-38-40-42-50(54)60-48(46-59-61(55,56)58-44-47(52)43-51)45-57-49(53)41-39-37-35-33-31-29-27-18-16-14-12-10-8-6-4-2/h12,14-15,17-18,20-21,27,47-48,51-52H,3-11,13,16,19,22-26,28-46H2,1-2H3,(H,55,56)/b14-12-,17-15-,21-20-,27-18-. The van der Waals surface area contributed by atoms with Crippen LogP contribution in [0.15, 0.2) is 48.6 Å². The summed E-state index contributed by atoms with van der Waals surface area (Å²) >= 11 is 0. The summed E-state index contributed by atoms with van der Waals surface area (Å²) in [5, 5.41) is 18.4. The molecule has 0 aliphatic rings. The molecule has 0 saturated carbocycles. The number of esters is 2. The topological polar surface area (TPSA) is 149 Å². The molecule has 0 rings (SSSR count). The van der Waals surface area contributed by atoms with Crippen LogP contribution >= 0.6 is 7.82 Å². The second-order valence-electron chi connectivity index (χ2n) is 16.5. The van der Waals surface area contributed by atoms with Crippen molar-refractivity contribution < 1.29 is 47.8 Å². The molecule has 0 saturated heterocycles. The Labute approximate surface area is 373 Å². The number of phosphoric acid groups is 1. The van der Waals surface area contributed by atoms with E-state index in [2.05, 4.69) is 62.5 Å². The van der Waals surface area contributed by atoms with Crippen LogP contribution in [0.1, 0.15) is 219 Å². The zero-order valence-electron chi connectivity index (χ0n) is 38.9. The number of hydrogen-bond donors (Lipinski definition) is 3. The maximum Gasteiger partial charge on any atom is 0.472 e. The van der Waals surface area contributed by atoms with Crippen LogP contribution in [-0.4, -0.2) is 65.7 Å². The van der Waals surface area contributed by atoms with E-state index in [-0.39, 0.29) is 19.4 Å². The number of carbonyl (C=O) groups is 2. The van der Waals surface area contributed by atoms with E-state index in [1.54, 1.807) is 0 Å². The summed E-state index contributed by atoms with van der Waals surface area (Å²) in [5.74, 6) is -0.940. The van der Waals surface area contributed by atoms with Crippen LogP contribution in [0.2, 0.25) is 0 Å². The Bertz CT molecular complexity index is 1150. The highest BCUT2D eigenvalue weighted by molar-refractivity contribution is 7.47. The largest absolute Gasteiger partial charge is 0.472 e. The summed E-state index contributed by atoms with van der Waals surface area (Å²) in [5.41, 5.74) is 0. The van der Waals surface area contributed by atoms with E-state index in [1.165, 1.54) is 109 Å². The van der Waals surface area contributed by atoms with Gasteiger partial charge in [0.2, 0.25) is 0 Å². The number of allylic oxidation sites excluding steroid dienone is 8. The Morgan fingerprint density at radius 3 is 1.30 bits per heavy atom. The molecule has 3 N–H and O–H groups in total. The summed E-state index contributed by atoms with van der Waals surface area (Å²) in [6, 6.07) is 0. The molecule has 11 heteroatoms. The first-order valence-electron chi connectivity index (χ1n) is 24.6. The maximum absolute atomic E-state index is 12.7. The molecule has 10 nitrogen and oxygen atoms in total. The number of ether oxygens (including phenoxy) is 2. The lowest BCUT2D eigenvalue weighted by atomic mass is 10.0. The van der Waals surface area contributed by atoms with Crippen molar-refractivity contribution in [1.29, 1.82) is 0 Å². The second-order valence-corrected chi connectivity index (χ2v) is 17.9. The van der Waals surface area contributed by atoms with Crippen molar-refractivity contribution in [2.75, 3.05) is 26.4 Å². The van der Waals surface area contributed by atoms with E-state index in [0.717, 1.165) is 70.6 Å². The molecule has 0 fully saturated rings. The van der Waals surface area contributed by atoms with E-state index < -0.39 is 51.8 Å². The van der Waals surface area contributed by atoms with Gasteiger partial charge in [-0.2, -0.15) is 0 Å². The lowest BCUT2D eigenvalue weighted by Gasteiger charge is -2.20. The molecule has 3 unspecified atom stereocenters. The summed E-state index contributed by atoms with van der Waals surface area (Å²) in [6.07, 6.45) is 50.7. The van der Waals surface area contributed by atoms with Crippen LogP contribution in [0.3, 0.4) is 0 Å². The highest BCUT2D eigenvalue weighted by atomic mass is 31.2. The minimum absolute atomic E-state index is 0.178. The lowest BCUT2D eigenvalue weighted by molar-refractivity contribution is -0.161. The number of aliphatic hydroxyl groups is 2. The Balaban J connectivity index is 4.20. The van der Waals surface area contributed by atoms with E-state index in [9.17, 15) is 24.2 Å². The van der Waals surface area contributed by atoms with Crippen LogP contribution in [0.5, 0.6) is 0 Å². The zero-order valence-corrected chi connectivity index (χ0v) is 39.8. The van der Waals surface area contributed by atoms with Crippen LogP contribution in [0.25, 0.3) is 0 Å². The summed E-state index contributed by atoms with van der Waals surface area (Å²) in [7, 11) is -4.63. The van der Waals surface area contributed by atoms with Crippen LogP contribution in [0.4, 0.5) is 0 Å². The summed E-state index contributed by atoms with van der Waals surface area (Å²) in [6.45, 7) is 2.34. The molecule has 0 bridgehead atoms. The predicted molar refractivity (Wildman–Crippen MR) is 251 cm³/mol. The van der Waals surface area contributed by atoms with Crippen LogP contribution in [-0.2, 0) is 32.7 Å². The van der Waals surface area contributed by atoms with Crippen molar-refractivity contribution in [3.8, 4) is 0 Å². The van der Waals surface area contributed by atoms with Gasteiger partial charge in [-0.15, -0.1) is 0 Å². The van der Waals surface area contributed by atoms with Gasteiger partial charge in [0.1, 0.15) is 12.7 Å². The first-order valence-corrected chi connectivity index (χ1v) is 26.1. The minimum Gasteiger partial charge on any atom is -0.462 e. The Morgan fingerprint density at radius 1 is 0.492 bits per heavy atom. The molecule has 0 radical (unpaired) electrons. The Hall–Kier alpha value is -2.07. The van der Waals surface area contributed by atoms with Gasteiger partial charge in [0.05, 0.1) is 19.8 Å². The first kappa shape index (κ1) is 58.9. The fourth-order valence-corrected chi connectivity index (χ4v) is 7.43. The first-order chi connectivity index (χ1) is 29.7. The third-order valence-electron chi connectivity index (χ3n) is 10.5. The van der Waals surface area contributed by atoms with Gasteiger partial charge in [0, 0.05) is 12.8 Å². The second kappa shape index (κ2) is 45.9. The lowest BCUT2D eigenvalue weighted by Crippen LogP contribution is -2.29. The third-order valence-corrected chi connectivity index (χ3v) is 11.4. The van der Waals surface area contributed by atoms with Crippen molar-refractivity contribution in [2.24, 2.45) is 0 Å². The highest BCUT2D eigenvalue weighted by Crippen LogP contribution is 2.43. The molecule has 3 atom stereocenters. The van der Waals surface area contributed by atoms with Crippen molar-refractivity contribution in [2.45, 2.75) is 232 Å². The number of rotatable bonds is 46. The van der Waals surface area contributed by atoms with Crippen molar-refractivity contribution >= 4 is 19.8 Å². The monoisotopic (exact) mass is 883 g/mol. The number of carbonyl (C=O) groups excluding carboxylic acids is 2. The Morgan fingerprint density at radius 2 is 0.852 bits per heavy atom. The minimum atomic E-state index is -4.63. The van der Waals surface area contributed by atoms with Gasteiger partial charge in [0.15, 0.2) is 6.10 Å². The molecule has 0 aromatic heterocycles. The molecular weight excluding hydrogens is 792 g/mol. The zero-order chi connectivity index (χ0) is 44.8. The van der Waals surface area contributed by atoms with Gasteiger partial charge in [-0.25, -0.2) is 4.57 Å². The van der Waals surface area contributed by atoms with Crippen molar-refractivity contribution in [3.63, 3.8) is 0 Å². The van der Waals surface area contributed by atoms with Gasteiger partial charge in [-0.1, -0.05) is 178 Å². The van der Waals surface area contributed by atoms with Gasteiger partial charge >= 0.3 is 19.8 Å². The van der Waals surface area contributed by atoms with E-state index in [1.807, 2.05) is 0 Å². The number of phosphoric ester groups is 1. The van der Waals surface area contributed by atoms with E-state index >= 15 is 0 Å².